The Morgan fingerprint density at radius 3 is 2.79 bits per heavy atom. The van der Waals surface area contributed by atoms with Gasteiger partial charge in [-0.3, -0.25) is 0 Å². The van der Waals surface area contributed by atoms with Crippen LogP contribution >= 0.6 is 23.1 Å². The number of aryl methyl sites for hydroxylation is 2. The normalized spacial score (nSPS) is 15.2. The first-order valence-electron chi connectivity index (χ1n) is 10.7. The van der Waals surface area contributed by atoms with Crippen molar-refractivity contribution in [2.45, 2.75) is 76.5 Å². The van der Waals surface area contributed by atoms with E-state index in [0.29, 0.717) is 12.6 Å². The Hall–Kier alpha value is -1.61. The topological polar surface area (TPSA) is 80.0 Å². The highest BCUT2D eigenvalue weighted by Gasteiger charge is 2.23. The monoisotopic (exact) mass is 435 g/mol. The van der Waals surface area contributed by atoms with Gasteiger partial charge in [0.05, 0.1) is 6.54 Å². The third kappa shape index (κ3) is 6.18. The van der Waals surface area contributed by atoms with Crippen LogP contribution in [-0.2, 0) is 19.4 Å². The van der Waals surface area contributed by atoms with Crippen molar-refractivity contribution in [2.75, 3.05) is 19.3 Å². The van der Waals surface area contributed by atoms with E-state index >= 15 is 0 Å². The lowest BCUT2D eigenvalue weighted by Gasteiger charge is -2.16. The maximum Gasteiger partial charge on any atom is 0.191 e. The lowest BCUT2D eigenvalue weighted by molar-refractivity contribution is 0.460. The predicted molar refractivity (Wildman–Crippen MR) is 122 cm³/mol. The second-order valence-corrected chi connectivity index (χ2v) is 9.18. The molecule has 1 aliphatic rings. The molecule has 2 aromatic heterocycles. The Morgan fingerprint density at radius 2 is 2.10 bits per heavy atom. The molecule has 3 rings (SSSR count). The van der Waals surface area contributed by atoms with E-state index in [4.69, 9.17) is 0 Å². The van der Waals surface area contributed by atoms with E-state index in [1.54, 1.807) is 23.1 Å². The zero-order valence-corrected chi connectivity index (χ0v) is 19.4. The number of hydrogen-bond donors (Lipinski definition) is 2. The van der Waals surface area contributed by atoms with E-state index in [1.807, 2.05) is 6.20 Å². The molecule has 29 heavy (non-hydrogen) atoms. The SMILES string of the molecule is CCNC(=NCc1ncc(CC)s1)NCCCc1nnc(SC)n1C1CCCC1. The molecule has 1 saturated carbocycles. The molecule has 0 spiro atoms. The van der Waals surface area contributed by atoms with Crippen molar-refractivity contribution in [2.24, 2.45) is 4.99 Å². The number of guanidine groups is 1. The molecule has 9 heteroatoms. The first kappa shape index (κ1) is 22.1. The van der Waals surface area contributed by atoms with Crippen molar-refractivity contribution in [3.63, 3.8) is 0 Å². The molecule has 160 valence electrons. The highest BCUT2D eigenvalue weighted by Crippen LogP contribution is 2.33. The van der Waals surface area contributed by atoms with Crippen LogP contribution in [0.3, 0.4) is 0 Å². The second-order valence-electron chi connectivity index (χ2n) is 7.21. The fourth-order valence-corrected chi connectivity index (χ4v) is 5.03. The molecule has 1 fully saturated rings. The predicted octanol–water partition coefficient (Wildman–Crippen LogP) is 3.82. The molecule has 7 nitrogen and oxygen atoms in total. The van der Waals surface area contributed by atoms with Crippen molar-refractivity contribution in [1.82, 2.24) is 30.4 Å². The summed E-state index contributed by atoms with van der Waals surface area (Å²) in [4.78, 5) is 10.4. The average Bonchev–Trinajstić information content (AvgIpc) is 3.49. The molecule has 0 unspecified atom stereocenters. The molecule has 0 amide bonds. The van der Waals surface area contributed by atoms with Gasteiger partial charge in [-0.25, -0.2) is 9.98 Å². The maximum absolute atomic E-state index is 4.68. The van der Waals surface area contributed by atoms with Crippen LogP contribution in [-0.4, -0.2) is 45.1 Å². The number of thiazole rings is 1. The van der Waals surface area contributed by atoms with Gasteiger partial charge in [-0.15, -0.1) is 21.5 Å². The van der Waals surface area contributed by atoms with Gasteiger partial charge in [-0.1, -0.05) is 31.5 Å². The standard InChI is InChI=1S/C20H33N7S2/c1-4-16-13-23-18(29-16)14-24-19(21-5-2)22-12-8-11-17-25-26-20(28-3)27(17)15-9-6-7-10-15/h13,15H,4-12,14H2,1-3H3,(H2,21,22,24). The van der Waals surface area contributed by atoms with Gasteiger partial charge in [-0.2, -0.15) is 0 Å². The summed E-state index contributed by atoms with van der Waals surface area (Å²) < 4.78 is 2.39. The molecule has 2 N–H and O–H groups in total. The van der Waals surface area contributed by atoms with Gasteiger partial charge < -0.3 is 15.2 Å². The van der Waals surface area contributed by atoms with Crippen LogP contribution in [0, 0.1) is 0 Å². The fourth-order valence-electron chi connectivity index (χ4n) is 3.67. The molecular formula is C20H33N7S2. The van der Waals surface area contributed by atoms with Crippen LogP contribution in [0.5, 0.6) is 0 Å². The highest BCUT2D eigenvalue weighted by atomic mass is 32.2. The van der Waals surface area contributed by atoms with Crippen molar-refractivity contribution >= 4 is 29.1 Å². The minimum atomic E-state index is 0.584. The molecule has 2 aromatic rings. The summed E-state index contributed by atoms with van der Waals surface area (Å²) in [7, 11) is 0. The van der Waals surface area contributed by atoms with Gasteiger partial charge >= 0.3 is 0 Å². The van der Waals surface area contributed by atoms with Crippen LogP contribution in [0.15, 0.2) is 16.3 Å². The molecule has 0 saturated heterocycles. The lowest BCUT2D eigenvalue weighted by atomic mass is 10.2. The molecule has 0 aliphatic heterocycles. The minimum Gasteiger partial charge on any atom is -0.357 e. The number of hydrogen-bond acceptors (Lipinski definition) is 6. The number of aromatic nitrogens is 4. The summed E-state index contributed by atoms with van der Waals surface area (Å²) >= 11 is 3.44. The first-order valence-corrected chi connectivity index (χ1v) is 12.7. The van der Waals surface area contributed by atoms with Gasteiger partial charge in [0.15, 0.2) is 11.1 Å². The molecular weight excluding hydrogens is 402 g/mol. The van der Waals surface area contributed by atoms with E-state index in [0.717, 1.165) is 54.3 Å². The Labute approximate surface area is 182 Å². The second kappa shape index (κ2) is 11.5. The van der Waals surface area contributed by atoms with Gasteiger partial charge in [0.1, 0.15) is 10.8 Å². The summed E-state index contributed by atoms with van der Waals surface area (Å²) in [5.74, 6) is 1.97. The Kier molecular flexibility index (Phi) is 8.79. The molecule has 0 radical (unpaired) electrons. The van der Waals surface area contributed by atoms with Crippen molar-refractivity contribution in [1.29, 1.82) is 0 Å². The number of thioether (sulfide) groups is 1. The molecule has 2 heterocycles. The summed E-state index contributed by atoms with van der Waals surface area (Å²) in [5, 5.41) is 17.8. The third-order valence-electron chi connectivity index (χ3n) is 5.14. The molecule has 0 atom stereocenters. The summed E-state index contributed by atoms with van der Waals surface area (Å²) in [6.07, 6.45) is 12.2. The minimum absolute atomic E-state index is 0.584. The van der Waals surface area contributed by atoms with Crippen LogP contribution in [0.2, 0.25) is 0 Å². The largest absolute Gasteiger partial charge is 0.357 e. The first-order chi connectivity index (χ1) is 14.2. The van der Waals surface area contributed by atoms with Crippen molar-refractivity contribution < 1.29 is 0 Å². The lowest BCUT2D eigenvalue weighted by Crippen LogP contribution is -2.37. The van der Waals surface area contributed by atoms with Crippen LogP contribution in [0.1, 0.15) is 67.7 Å². The summed E-state index contributed by atoms with van der Waals surface area (Å²) in [6, 6.07) is 0.584. The van der Waals surface area contributed by atoms with E-state index in [2.05, 4.69) is 55.5 Å². The highest BCUT2D eigenvalue weighted by molar-refractivity contribution is 7.98. The van der Waals surface area contributed by atoms with Gasteiger partial charge in [0.25, 0.3) is 0 Å². The Bertz CT molecular complexity index is 778. The third-order valence-corrected chi connectivity index (χ3v) is 6.91. The zero-order chi connectivity index (χ0) is 20.5. The van der Waals surface area contributed by atoms with Crippen LogP contribution in [0.4, 0.5) is 0 Å². The quantitative estimate of drug-likeness (QED) is 0.256. The van der Waals surface area contributed by atoms with Crippen molar-refractivity contribution in [3.05, 3.63) is 21.9 Å². The van der Waals surface area contributed by atoms with Gasteiger partial charge in [0.2, 0.25) is 0 Å². The number of nitrogens with zero attached hydrogens (tertiary/aromatic N) is 5. The number of nitrogens with one attached hydrogen (secondary N) is 2. The van der Waals surface area contributed by atoms with E-state index in [9.17, 15) is 0 Å². The zero-order valence-electron chi connectivity index (χ0n) is 17.8. The Morgan fingerprint density at radius 1 is 1.28 bits per heavy atom. The fraction of sp³-hybridized carbons (Fsp3) is 0.700. The summed E-state index contributed by atoms with van der Waals surface area (Å²) in [6.45, 7) is 6.56. The van der Waals surface area contributed by atoms with E-state index in [-0.39, 0.29) is 0 Å². The van der Waals surface area contributed by atoms with Crippen molar-refractivity contribution in [3.8, 4) is 0 Å². The van der Waals surface area contributed by atoms with Crippen LogP contribution < -0.4 is 10.6 Å². The van der Waals surface area contributed by atoms with E-state index < -0.39 is 0 Å². The summed E-state index contributed by atoms with van der Waals surface area (Å²) in [5.41, 5.74) is 0. The molecule has 1 aliphatic carbocycles. The molecule has 0 bridgehead atoms. The number of rotatable bonds is 10. The van der Waals surface area contributed by atoms with Gasteiger partial charge in [0, 0.05) is 36.6 Å². The Balaban J connectivity index is 1.51. The van der Waals surface area contributed by atoms with E-state index in [1.165, 1.54) is 30.6 Å². The maximum atomic E-state index is 4.68. The smallest absolute Gasteiger partial charge is 0.191 e. The average molecular weight is 436 g/mol. The van der Waals surface area contributed by atoms with Gasteiger partial charge in [-0.05, 0) is 38.9 Å². The van der Waals surface area contributed by atoms with Crippen LogP contribution in [0.25, 0.3) is 0 Å². The molecule has 0 aromatic carbocycles. The number of aliphatic imine (C=N–C) groups is 1.